The quantitative estimate of drug-likeness (QED) is 0.220. The fraction of sp³-hybridized carbons (Fsp3) is 0.696. The van der Waals surface area contributed by atoms with Crippen LogP contribution in [0.3, 0.4) is 0 Å². The number of imidazole rings is 1. The summed E-state index contributed by atoms with van der Waals surface area (Å²) in [6, 6.07) is 0. The highest BCUT2D eigenvalue weighted by Gasteiger charge is 2.53. The fourth-order valence-corrected chi connectivity index (χ4v) is 4.38. The van der Waals surface area contributed by atoms with Crippen LogP contribution in [0.25, 0.3) is 11.2 Å². The number of aliphatic hydroxyl groups excluding tert-OH is 1. The van der Waals surface area contributed by atoms with E-state index in [2.05, 4.69) is 15.0 Å². The number of hydrogen-bond donors (Lipinski definition) is 2. The third kappa shape index (κ3) is 7.30. The van der Waals surface area contributed by atoms with Gasteiger partial charge in [0, 0.05) is 12.8 Å². The Bertz CT molecular complexity index is 1240. The van der Waals surface area contributed by atoms with Crippen molar-refractivity contribution in [2.75, 3.05) is 32.5 Å². The van der Waals surface area contributed by atoms with E-state index in [1.165, 1.54) is 17.2 Å². The smallest absolute Gasteiger partial charge is 0.437 e. The zero-order chi connectivity index (χ0) is 30.0. The van der Waals surface area contributed by atoms with E-state index in [0.717, 1.165) is 0 Å². The maximum absolute atomic E-state index is 15.9. The topological polar surface area (TPSA) is 196 Å². The van der Waals surface area contributed by atoms with Crippen molar-refractivity contribution in [3.05, 3.63) is 12.7 Å². The van der Waals surface area contributed by atoms with Crippen molar-refractivity contribution in [2.24, 2.45) is 10.8 Å². The summed E-state index contributed by atoms with van der Waals surface area (Å²) in [6.45, 7) is 6.17. The summed E-state index contributed by atoms with van der Waals surface area (Å²) in [7, 11) is -4.68. The molecular formula is C23H35FN5O10P. The molecule has 2 aromatic rings. The third-order valence-corrected chi connectivity index (χ3v) is 7.06. The van der Waals surface area contributed by atoms with Crippen LogP contribution in [-0.4, -0.2) is 69.2 Å². The molecule has 0 amide bonds. The molecule has 2 atom stereocenters. The summed E-state index contributed by atoms with van der Waals surface area (Å²) >= 11 is 0. The number of phosphoric ester groups is 1. The van der Waals surface area contributed by atoms with Crippen LogP contribution in [0.1, 0.15) is 54.4 Å². The van der Waals surface area contributed by atoms with Crippen molar-refractivity contribution in [3.8, 4) is 0 Å². The second-order valence-corrected chi connectivity index (χ2v) is 12.9. The molecule has 0 spiro atoms. The first-order valence-electron chi connectivity index (χ1n) is 12.3. The van der Waals surface area contributed by atoms with Crippen LogP contribution in [0.15, 0.2) is 12.7 Å². The van der Waals surface area contributed by atoms with Gasteiger partial charge in [0.2, 0.25) is 19.4 Å². The predicted octanol–water partition coefficient (Wildman–Crippen LogP) is 2.78. The van der Waals surface area contributed by atoms with E-state index in [1.54, 1.807) is 41.5 Å². The number of ether oxygens (including phenoxy) is 3. The van der Waals surface area contributed by atoms with Gasteiger partial charge in [0.15, 0.2) is 17.2 Å². The number of carbonyl (C=O) groups excluding carboxylic acids is 2. The van der Waals surface area contributed by atoms with Crippen LogP contribution in [0.4, 0.5) is 10.2 Å². The van der Waals surface area contributed by atoms with Gasteiger partial charge >= 0.3 is 19.8 Å². The first-order valence-corrected chi connectivity index (χ1v) is 13.7. The average molecular weight is 592 g/mol. The second kappa shape index (κ2) is 11.6. The van der Waals surface area contributed by atoms with E-state index in [1.807, 2.05) is 0 Å². The summed E-state index contributed by atoms with van der Waals surface area (Å²) < 4.78 is 61.3. The van der Waals surface area contributed by atoms with Gasteiger partial charge < -0.3 is 25.1 Å². The summed E-state index contributed by atoms with van der Waals surface area (Å²) in [5, 5.41) is 10.2. The van der Waals surface area contributed by atoms with Crippen molar-refractivity contribution < 1.29 is 51.4 Å². The molecule has 0 aromatic carbocycles. The Hall–Kier alpha value is -2.75. The zero-order valence-corrected chi connectivity index (χ0v) is 24.1. The first kappa shape index (κ1) is 31.8. The lowest BCUT2D eigenvalue weighted by molar-refractivity contribution is -0.233. The molecule has 15 nitrogen and oxygen atoms in total. The van der Waals surface area contributed by atoms with Gasteiger partial charge in [-0.1, -0.05) is 0 Å². The van der Waals surface area contributed by atoms with Gasteiger partial charge in [-0.3, -0.25) is 18.7 Å². The molecule has 1 aliphatic heterocycles. The number of phosphoric acid groups is 1. The highest BCUT2D eigenvalue weighted by Crippen LogP contribution is 2.52. The van der Waals surface area contributed by atoms with Crippen LogP contribution in [0, 0.1) is 10.8 Å². The molecular weight excluding hydrogens is 556 g/mol. The lowest BCUT2D eigenvalue weighted by atomic mass is 9.98. The van der Waals surface area contributed by atoms with Crippen molar-refractivity contribution >= 4 is 36.7 Å². The Balaban J connectivity index is 1.73. The molecule has 17 heteroatoms. The highest BCUT2D eigenvalue weighted by molar-refractivity contribution is 7.48. The third-order valence-electron chi connectivity index (χ3n) is 5.77. The molecule has 3 N–H and O–H groups in total. The van der Waals surface area contributed by atoms with Gasteiger partial charge in [-0.2, -0.15) is 0 Å². The summed E-state index contributed by atoms with van der Waals surface area (Å²) in [5.41, 5.74) is 2.82. The van der Waals surface area contributed by atoms with E-state index in [4.69, 9.17) is 33.5 Å². The molecule has 40 heavy (non-hydrogen) atoms. The molecule has 1 fully saturated rings. The minimum atomic E-state index is -4.68. The average Bonchev–Trinajstić information content (AvgIpc) is 3.45. The molecule has 0 unspecified atom stereocenters. The van der Waals surface area contributed by atoms with E-state index in [0.29, 0.717) is 0 Å². The predicted molar refractivity (Wildman–Crippen MR) is 136 cm³/mol. The number of nitrogens with zero attached hydrogens (tertiary/aromatic N) is 4. The maximum Gasteiger partial charge on any atom is 0.480 e. The lowest BCUT2D eigenvalue weighted by Crippen LogP contribution is -2.41. The number of fused-ring (bicyclic) bond motifs is 1. The number of nitrogens with two attached hydrogens (primary N) is 1. The van der Waals surface area contributed by atoms with E-state index < -0.39 is 69.0 Å². The summed E-state index contributed by atoms with van der Waals surface area (Å²) in [5.74, 6) is -3.86. The highest BCUT2D eigenvalue weighted by atomic mass is 31.2. The number of hydrogen-bond acceptors (Lipinski definition) is 14. The van der Waals surface area contributed by atoms with Crippen molar-refractivity contribution in [3.63, 3.8) is 0 Å². The van der Waals surface area contributed by atoms with Gasteiger partial charge in [0.05, 0.1) is 23.8 Å². The van der Waals surface area contributed by atoms with E-state index in [9.17, 15) is 19.3 Å². The van der Waals surface area contributed by atoms with Gasteiger partial charge in [-0.05, 0) is 41.5 Å². The maximum atomic E-state index is 15.9. The zero-order valence-electron chi connectivity index (χ0n) is 23.2. The van der Waals surface area contributed by atoms with Crippen LogP contribution in [0.5, 0.6) is 0 Å². The molecule has 0 saturated carbocycles. The van der Waals surface area contributed by atoms with Gasteiger partial charge in [-0.15, -0.1) is 0 Å². The number of rotatable bonds is 11. The molecule has 1 aliphatic rings. The first-order chi connectivity index (χ1) is 18.4. The van der Waals surface area contributed by atoms with E-state index in [-0.39, 0.29) is 29.8 Å². The summed E-state index contributed by atoms with van der Waals surface area (Å²) in [4.78, 5) is 36.2. The van der Waals surface area contributed by atoms with Crippen molar-refractivity contribution in [2.45, 2.75) is 66.0 Å². The van der Waals surface area contributed by atoms with Crippen LogP contribution in [0.2, 0.25) is 0 Å². The van der Waals surface area contributed by atoms with Crippen molar-refractivity contribution in [1.29, 1.82) is 0 Å². The number of aliphatic hydroxyl groups is 1. The Morgan fingerprint density at radius 3 is 2.15 bits per heavy atom. The Kier molecular flexibility index (Phi) is 9.23. The number of halogens is 1. The Morgan fingerprint density at radius 1 is 1.05 bits per heavy atom. The molecule has 224 valence electrons. The minimum absolute atomic E-state index is 0.0584. The normalized spacial score (nSPS) is 22.0. The number of esters is 2. The minimum Gasteiger partial charge on any atom is -0.437 e. The summed E-state index contributed by atoms with van der Waals surface area (Å²) in [6.07, 6.45) is 2.09. The molecule has 1 saturated heterocycles. The Morgan fingerprint density at radius 2 is 1.62 bits per heavy atom. The fourth-order valence-electron chi connectivity index (χ4n) is 3.44. The SMILES string of the molecule is CC(C)(C)C(=O)OCOP(=O)(OCOC(=O)C(C)(C)C)OC[C@]1(F)CC[C@](CO)(n2cnc3c(N)ncnc32)O1. The molecule has 0 radical (unpaired) electrons. The van der Waals surface area contributed by atoms with Crippen LogP contribution in [-0.2, 0) is 47.7 Å². The number of alkyl halides is 1. The molecule has 0 aliphatic carbocycles. The van der Waals surface area contributed by atoms with Crippen LogP contribution >= 0.6 is 7.82 Å². The van der Waals surface area contributed by atoms with Crippen LogP contribution < -0.4 is 5.73 Å². The molecule has 3 heterocycles. The largest absolute Gasteiger partial charge is 0.480 e. The second-order valence-electron chi connectivity index (χ2n) is 11.2. The molecule has 0 bridgehead atoms. The van der Waals surface area contributed by atoms with E-state index >= 15 is 4.39 Å². The van der Waals surface area contributed by atoms with Gasteiger partial charge in [0.25, 0.3) is 0 Å². The monoisotopic (exact) mass is 591 g/mol. The van der Waals surface area contributed by atoms with Crippen molar-refractivity contribution in [1.82, 2.24) is 19.5 Å². The number of anilines is 1. The number of carbonyl (C=O) groups is 2. The van der Waals surface area contributed by atoms with Gasteiger partial charge in [-0.25, -0.2) is 33.0 Å². The number of aromatic nitrogens is 4. The standard InChI is InChI=1S/C23H35FN5O10P/c1-20(2,3)18(31)34-13-37-40(33,38-14-35-19(32)21(4,5)6)36-10-22(24)7-8-23(9-30,39-22)29-12-28-15-16(25)26-11-27-17(15)29/h11-12,30H,7-10,13-14H2,1-6H3,(H2,25,26,27)/t22-,23-/m0/s1. The lowest BCUT2D eigenvalue weighted by Gasteiger charge is -2.31. The molecule has 3 rings (SSSR count). The Labute approximate surface area is 230 Å². The molecule has 2 aromatic heterocycles. The number of nitrogen functional groups attached to an aromatic ring is 1. The van der Waals surface area contributed by atoms with Gasteiger partial charge in [0.1, 0.15) is 18.5 Å².